The highest BCUT2D eigenvalue weighted by Crippen LogP contribution is 2.34. The molecule has 1 fully saturated rings. The van der Waals surface area contributed by atoms with E-state index in [2.05, 4.69) is 25.6 Å². The number of hydrogen-bond acceptors (Lipinski definition) is 5. The van der Waals surface area contributed by atoms with Crippen molar-refractivity contribution in [3.05, 3.63) is 71.5 Å². The van der Waals surface area contributed by atoms with E-state index in [1.807, 2.05) is 4.57 Å². The van der Waals surface area contributed by atoms with Crippen LogP contribution in [0, 0.1) is 0 Å². The van der Waals surface area contributed by atoms with Gasteiger partial charge in [0.15, 0.2) is 17.0 Å². The van der Waals surface area contributed by atoms with Crippen molar-refractivity contribution in [2.75, 3.05) is 10.6 Å². The van der Waals surface area contributed by atoms with E-state index in [0.29, 0.717) is 28.2 Å². The zero-order valence-electron chi connectivity index (χ0n) is 20.1. The predicted molar refractivity (Wildman–Crippen MR) is 131 cm³/mol. The summed E-state index contributed by atoms with van der Waals surface area (Å²) < 4.78 is 80.3. The molecule has 1 aliphatic rings. The average molecular weight is 535 g/mol. The first kappa shape index (κ1) is 25.8. The molecule has 1 saturated carbocycles. The van der Waals surface area contributed by atoms with Crippen LogP contribution in [0.2, 0.25) is 0 Å². The quantitative estimate of drug-likeness (QED) is 0.248. The topological polar surface area (TPSA) is 67.7 Å². The summed E-state index contributed by atoms with van der Waals surface area (Å²) >= 11 is 0. The van der Waals surface area contributed by atoms with Gasteiger partial charge in [-0.2, -0.15) is 36.3 Å². The van der Waals surface area contributed by atoms with Crippen molar-refractivity contribution >= 4 is 28.6 Å². The van der Waals surface area contributed by atoms with E-state index in [1.165, 1.54) is 18.2 Å². The van der Waals surface area contributed by atoms with Gasteiger partial charge in [-0.15, -0.1) is 0 Å². The van der Waals surface area contributed by atoms with Crippen molar-refractivity contribution in [3.8, 4) is 0 Å². The van der Waals surface area contributed by atoms with Crippen LogP contribution in [0.5, 0.6) is 0 Å². The molecular weight excluding hydrogens is 510 g/mol. The lowest BCUT2D eigenvalue weighted by Crippen LogP contribution is -2.13. The monoisotopic (exact) mass is 534 g/mol. The van der Waals surface area contributed by atoms with E-state index in [1.54, 1.807) is 12.4 Å². The standard InChI is InChI=1S/C26H24F6N6/c27-25(28,29)17-9-11-19(12-10-17)35-24-36-22(33-14-16-5-4-6-18(13-16)26(30,31)32)21-23(37-24)38(15-34-21)20-7-2-1-3-8-20/h4-6,9-13,15,20H,1-3,7-8,14H2,(H2,33,35,36,37). The summed E-state index contributed by atoms with van der Waals surface area (Å²) in [7, 11) is 0. The van der Waals surface area contributed by atoms with Crippen LogP contribution < -0.4 is 10.6 Å². The van der Waals surface area contributed by atoms with E-state index >= 15 is 0 Å². The van der Waals surface area contributed by atoms with Crippen molar-refractivity contribution in [3.63, 3.8) is 0 Å². The molecule has 2 aromatic heterocycles. The molecule has 0 bridgehead atoms. The second kappa shape index (κ2) is 10.1. The number of imidazole rings is 1. The van der Waals surface area contributed by atoms with Crippen LogP contribution >= 0.6 is 0 Å². The van der Waals surface area contributed by atoms with Crippen LogP contribution in [0.25, 0.3) is 11.2 Å². The van der Waals surface area contributed by atoms with Crippen LogP contribution in [0.15, 0.2) is 54.9 Å². The van der Waals surface area contributed by atoms with E-state index in [-0.39, 0.29) is 18.5 Å². The predicted octanol–water partition coefficient (Wildman–Crippen LogP) is 7.72. The molecule has 0 saturated heterocycles. The Hall–Kier alpha value is -3.83. The summed E-state index contributed by atoms with van der Waals surface area (Å²) in [6.45, 7) is 0.0477. The highest BCUT2D eigenvalue weighted by atomic mass is 19.4. The van der Waals surface area contributed by atoms with Gasteiger partial charge in [-0.1, -0.05) is 31.4 Å². The first-order chi connectivity index (χ1) is 18.1. The highest BCUT2D eigenvalue weighted by molar-refractivity contribution is 5.84. The molecule has 0 radical (unpaired) electrons. The molecule has 6 nitrogen and oxygen atoms in total. The maximum atomic E-state index is 13.1. The largest absolute Gasteiger partial charge is 0.416 e. The second-order valence-corrected chi connectivity index (χ2v) is 9.26. The van der Waals surface area contributed by atoms with E-state index in [0.717, 1.165) is 56.4 Å². The fourth-order valence-corrected chi connectivity index (χ4v) is 4.64. The van der Waals surface area contributed by atoms with Crippen molar-refractivity contribution in [2.45, 2.75) is 57.0 Å². The smallest absolute Gasteiger partial charge is 0.364 e. The normalized spacial score (nSPS) is 15.1. The summed E-state index contributed by atoms with van der Waals surface area (Å²) in [5.74, 6) is 0.428. The average Bonchev–Trinajstić information content (AvgIpc) is 3.31. The molecule has 1 aliphatic carbocycles. The molecule has 0 spiro atoms. The Labute approximate surface area is 214 Å². The Kier molecular flexibility index (Phi) is 6.89. The first-order valence-corrected chi connectivity index (χ1v) is 12.2. The van der Waals surface area contributed by atoms with Gasteiger partial charge in [0, 0.05) is 18.3 Å². The molecule has 0 unspecified atom stereocenters. The lowest BCUT2D eigenvalue weighted by molar-refractivity contribution is -0.138. The van der Waals surface area contributed by atoms with Gasteiger partial charge in [0.25, 0.3) is 0 Å². The number of anilines is 3. The Morgan fingerprint density at radius 3 is 2.24 bits per heavy atom. The lowest BCUT2D eigenvalue weighted by atomic mass is 9.95. The summed E-state index contributed by atoms with van der Waals surface area (Å²) in [5.41, 5.74) is 0.211. The summed E-state index contributed by atoms with van der Waals surface area (Å²) in [6, 6.07) is 9.65. The Morgan fingerprint density at radius 2 is 1.55 bits per heavy atom. The summed E-state index contributed by atoms with van der Waals surface area (Å²) in [5, 5.41) is 6.01. The van der Waals surface area contributed by atoms with Crippen LogP contribution in [0.3, 0.4) is 0 Å². The third-order valence-corrected chi connectivity index (χ3v) is 6.57. The van der Waals surface area contributed by atoms with E-state index in [4.69, 9.17) is 0 Å². The van der Waals surface area contributed by atoms with Gasteiger partial charge < -0.3 is 15.2 Å². The molecule has 0 amide bonds. The first-order valence-electron chi connectivity index (χ1n) is 12.2. The number of fused-ring (bicyclic) bond motifs is 1. The Morgan fingerprint density at radius 1 is 0.842 bits per heavy atom. The lowest BCUT2D eigenvalue weighted by Gasteiger charge is -2.23. The van der Waals surface area contributed by atoms with Gasteiger partial charge in [-0.25, -0.2) is 4.98 Å². The number of alkyl halides is 6. The zero-order chi connectivity index (χ0) is 26.9. The van der Waals surface area contributed by atoms with Crippen LogP contribution in [-0.2, 0) is 18.9 Å². The van der Waals surface area contributed by atoms with Crippen LogP contribution in [0.1, 0.15) is 54.8 Å². The molecule has 200 valence electrons. The van der Waals surface area contributed by atoms with Gasteiger partial charge >= 0.3 is 12.4 Å². The zero-order valence-corrected chi connectivity index (χ0v) is 20.1. The van der Waals surface area contributed by atoms with Gasteiger partial charge in [0.1, 0.15) is 0 Å². The molecule has 38 heavy (non-hydrogen) atoms. The Bertz CT molecular complexity index is 1400. The fraction of sp³-hybridized carbons (Fsp3) is 0.346. The number of hydrogen-bond donors (Lipinski definition) is 2. The highest BCUT2D eigenvalue weighted by Gasteiger charge is 2.31. The number of nitrogens with one attached hydrogen (secondary N) is 2. The van der Waals surface area contributed by atoms with E-state index < -0.39 is 23.5 Å². The molecule has 12 heteroatoms. The minimum absolute atomic E-state index is 0.0477. The maximum absolute atomic E-state index is 13.1. The minimum atomic E-state index is -4.46. The summed E-state index contributed by atoms with van der Waals surface area (Å²) in [6.07, 6.45) is -2.00. The maximum Gasteiger partial charge on any atom is 0.416 e. The molecule has 0 atom stereocenters. The molecule has 2 aromatic carbocycles. The molecule has 2 N–H and O–H groups in total. The number of aromatic nitrogens is 4. The van der Waals surface area contributed by atoms with Gasteiger partial charge in [0.05, 0.1) is 17.5 Å². The SMILES string of the molecule is FC(F)(F)c1ccc(Nc2nc(NCc3cccc(C(F)(F)F)c3)c3ncn(C4CCCCC4)c3n2)cc1. The fourth-order valence-electron chi connectivity index (χ4n) is 4.64. The number of nitrogens with zero attached hydrogens (tertiary/aromatic N) is 4. The molecule has 2 heterocycles. The van der Waals surface area contributed by atoms with Crippen LogP contribution in [0.4, 0.5) is 43.8 Å². The van der Waals surface area contributed by atoms with E-state index in [9.17, 15) is 26.3 Å². The number of benzene rings is 2. The molecular formula is C26H24F6N6. The second-order valence-electron chi connectivity index (χ2n) is 9.26. The number of rotatable bonds is 6. The third-order valence-electron chi connectivity index (χ3n) is 6.57. The molecule has 4 aromatic rings. The minimum Gasteiger partial charge on any atom is -0.364 e. The van der Waals surface area contributed by atoms with Crippen LogP contribution in [-0.4, -0.2) is 19.5 Å². The van der Waals surface area contributed by atoms with Crippen molar-refractivity contribution in [1.29, 1.82) is 0 Å². The van der Waals surface area contributed by atoms with Gasteiger partial charge in [0.2, 0.25) is 5.95 Å². The number of halogens is 6. The van der Waals surface area contributed by atoms with Gasteiger partial charge in [-0.05, 0) is 54.8 Å². The third kappa shape index (κ3) is 5.68. The van der Waals surface area contributed by atoms with Crippen molar-refractivity contribution < 1.29 is 26.3 Å². The summed E-state index contributed by atoms with van der Waals surface area (Å²) in [4.78, 5) is 13.6. The van der Waals surface area contributed by atoms with Crippen molar-refractivity contribution in [2.24, 2.45) is 0 Å². The van der Waals surface area contributed by atoms with Crippen molar-refractivity contribution in [1.82, 2.24) is 19.5 Å². The van der Waals surface area contributed by atoms with Gasteiger partial charge in [-0.3, -0.25) is 0 Å². The Balaban J connectivity index is 1.47. The molecule has 0 aliphatic heterocycles. The molecule has 5 rings (SSSR count).